The van der Waals surface area contributed by atoms with Gasteiger partial charge >= 0.3 is 0 Å². The molecule has 2 N–H and O–H groups in total. The first-order valence-corrected chi connectivity index (χ1v) is 9.32. The smallest absolute Gasteiger partial charge is 0.237 e. The Kier molecular flexibility index (Phi) is 6.39. The molecule has 0 aliphatic heterocycles. The summed E-state index contributed by atoms with van der Waals surface area (Å²) < 4.78 is 0. The van der Waals surface area contributed by atoms with Crippen LogP contribution in [-0.4, -0.2) is 11.9 Å². The molecule has 0 fully saturated rings. The van der Waals surface area contributed by atoms with E-state index in [9.17, 15) is 4.79 Å². The fraction of sp³-hybridized carbons (Fsp3) is 0.208. The fourth-order valence-electron chi connectivity index (χ4n) is 3.05. The number of amides is 1. The third-order valence-corrected chi connectivity index (χ3v) is 4.66. The Morgan fingerprint density at radius 3 is 1.85 bits per heavy atom. The molecule has 0 spiro atoms. The summed E-state index contributed by atoms with van der Waals surface area (Å²) in [5.74, 6) is -0.00700. The van der Waals surface area contributed by atoms with Crippen LogP contribution in [0.5, 0.6) is 0 Å². The second kappa shape index (κ2) is 9.15. The summed E-state index contributed by atoms with van der Waals surface area (Å²) in [6, 6.07) is 28.3. The Morgan fingerprint density at radius 1 is 0.815 bits per heavy atom. The van der Waals surface area contributed by atoms with Gasteiger partial charge in [-0.15, -0.1) is 0 Å². The van der Waals surface area contributed by atoms with Crippen LogP contribution in [0.4, 0.5) is 0 Å². The maximum Gasteiger partial charge on any atom is 0.237 e. The number of hydrogen-bond donors (Lipinski definition) is 2. The Balaban J connectivity index is 1.67. The lowest BCUT2D eigenvalue weighted by Gasteiger charge is -2.24. The highest BCUT2D eigenvalue weighted by Crippen LogP contribution is 2.22. The second-order valence-corrected chi connectivity index (χ2v) is 6.85. The molecule has 3 nitrogen and oxygen atoms in total. The van der Waals surface area contributed by atoms with Crippen molar-refractivity contribution >= 4 is 5.91 Å². The van der Waals surface area contributed by atoms with Gasteiger partial charge in [0.05, 0.1) is 12.1 Å². The van der Waals surface area contributed by atoms with Crippen molar-refractivity contribution < 1.29 is 4.79 Å². The highest BCUT2D eigenvalue weighted by Gasteiger charge is 2.20. The van der Waals surface area contributed by atoms with Gasteiger partial charge in [0, 0.05) is 6.54 Å². The molecule has 3 rings (SSSR count). The van der Waals surface area contributed by atoms with Crippen molar-refractivity contribution in [2.24, 2.45) is 0 Å². The summed E-state index contributed by atoms with van der Waals surface area (Å²) in [5, 5.41) is 6.51. The summed E-state index contributed by atoms with van der Waals surface area (Å²) in [5.41, 5.74) is 4.60. The molecule has 0 saturated carbocycles. The molecule has 1 amide bonds. The van der Waals surface area contributed by atoms with Crippen molar-refractivity contribution in [3.05, 3.63) is 107 Å². The maximum atomic E-state index is 12.6. The van der Waals surface area contributed by atoms with Crippen LogP contribution in [0.1, 0.15) is 35.2 Å². The van der Waals surface area contributed by atoms with E-state index in [1.807, 2.05) is 55.5 Å². The van der Waals surface area contributed by atoms with Gasteiger partial charge in [0.15, 0.2) is 0 Å². The fourth-order valence-corrected chi connectivity index (χ4v) is 3.05. The summed E-state index contributed by atoms with van der Waals surface area (Å²) in [4.78, 5) is 12.6. The average Bonchev–Trinajstić information content (AvgIpc) is 2.72. The summed E-state index contributed by atoms with van der Waals surface area (Å²) in [6.07, 6.45) is 0. The van der Waals surface area contributed by atoms with Gasteiger partial charge in [-0.25, -0.2) is 0 Å². The lowest BCUT2D eigenvalue weighted by molar-refractivity contribution is -0.123. The van der Waals surface area contributed by atoms with E-state index in [2.05, 4.69) is 54.0 Å². The van der Waals surface area contributed by atoms with Crippen LogP contribution in [0.25, 0.3) is 0 Å². The molecule has 0 aliphatic carbocycles. The monoisotopic (exact) mass is 358 g/mol. The molecule has 1 atom stereocenters. The highest BCUT2D eigenvalue weighted by atomic mass is 16.2. The van der Waals surface area contributed by atoms with Crippen LogP contribution >= 0.6 is 0 Å². The molecule has 1 unspecified atom stereocenters. The predicted octanol–water partition coefficient (Wildman–Crippen LogP) is 4.38. The van der Waals surface area contributed by atoms with Crippen molar-refractivity contribution in [1.82, 2.24) is 10.6 Å². The highest BCUT2D eigenvalue weighted by molar-refractivity contribution is 5.81. The van der Waals surface area contributed by atoms with E-state index in [4.69, 9.17) is 0 Å². The van der Waals surface area contributed by atoms with Gasteiger partial charge in [0.1, 0.15) is 0 Å². The molecule has 0 bridgehead atoms. The van der Waals surface area contributed by atoms with E-state index >= 15 is 0 Å². The second-order valence-electron chi connectivity index (χ2n) is 6.85. The lowest BCUT2D eigenvalue weighted by atomic mass is 9.98. The maximum absolute atomic E-state index is 12.6. The molecule has 27 heavy (non-hydrogen) atoms. The van der Waals surface area contributed by atoms with Crippen molar-refractivity contribution in [1.29, 1.82) is 0 Å². The van der Waals surface area contributed by atoms with E-state index < -0.39 is 0 Å². The van der Waals surface area contributed by atoms with Crippen molar-refractivity contribution in [2.45, 2.75) is 32.5 Å². The van der Waals surface area contributed by atoms with Crippen LogP contribution < -0.4 is 10.6 Å². The van der Waals surface area contributed by atoms with Crippen molar-refractivity contribution in [2.75, 3.05) is 0 Å². The number of rotatable bonds is 7. The SMILES string of the molecule is Cc1ccc(CNC(=O)C(C)NC(c2ccccc2)c2ccccc2)cc1. The molecule has 3 aromatic rings. The van der Waals surface area contributed by atoms with Crippen LogP contribution in [0.2, 0.25) is 0 Å². The Hall–Kier alpha value is -2.91. The van der Waals surface area contributed by atoms with E-state index in [-0.39, 0.29) is 18.0 Å². The minimum Gasteiger partial charge on any atom is -0.351 e. The lowest BCUT2D eigenvalue weighted by Crippen LogP contribution is -2.43. The third-order valence-electron chi connectivity index (χ3n) is 4.66. The minimum absolute atomic E-state index is 0.00700. The molecular formula is C24H26N2O. The quantitative estimate of drug-likeness (QED) is 0.658. The normalized spacial score (nSPS) is 12.0. The van der Waals surface area contributed by atoms with E-state index in [1.54, 1.807) is 0 Å². The van der Waals surface area contributed by atoms with E-state index in [1.165, 1.54) is 5.56 Å². The standard InChI is InChI=1S/C24H26N2O/c1-18-13-15-20(16-14-18)17-25-24(27)19(2)26-23(21-9-5-3-6-10-21)22-11-7-4-8-12-22/h3-16,19,23,26H,17H2,1-2H3,(H,25,27). The zero-order valence-corrected chi connectivity index (χ0v) is 15.9. The first-order chi connectivity index (χ1) is 13.1. The number of carbonyl (C=O) groups is 1. The van der Waals surface area contributed by atoms with E-state index in [0.717, 1.165) is 16.7 Å². The number of nitrogens with one attached hydrogen (secondary N) is 2. The summed E-state index contributed by atoms with van der Waals surface area (Å²) in [6.45, 7) is 4.50. The molecule has 138 valence electrons. The molecule has 0 aromatic heterocycles. The van der Waals surface area contributed by atoms with Crippen LogP contribution in [0.15, 0.2) is 84.9 Å². The van der Waals surface area contributed by atoms with E-state index in [0.29, 0.717) is 6.54 Å². The molecule has 0 radical (unpaired) electrons. The van der Waals surface area contributed by atoms with Gasteiger partial charge in [0.2, 0.25) is 5.91 Å². The summed E-state index contributed by atoms with van der Waals surface area (Å²) in [7, 11) is 0. The third kappa shape index (κ3) is 5.28. The number of carbonyl (C=O) groups excluding carboxylic acids is 1. The zero-order valence-electron chi connectivity index (χ0n) is 15.9. The van der Waals surface area contributed by atoms with Crippen LogP contribution in [-0.2, 0) is 11.3 Å². The predicted molar refractivity (Wildman–Crippen MR) is 110 cm³/mol. The van der Waals surface area contributed by atoms with Crippen molar-refractivity contribution in [3.8, 4) is 0 Å². The minimum atomic E-state index is -0.319. The summed E-state index contributed by atoms with van der Waals surface area (Å²) >= 11 is 0. The molecule has 0 aliphatic rings. The largest absolute Gasteiger partial charge is 0.351 e. The molecule has 3 heteroatoms. The van der Waals surface area contributed by atoms with Gasteiger partial charge in [-0.3, -0.25) is 10.1 Å². The zero-order chi connectivity index (χ0) is 19.1. The van der Waals surface area contributed by atoms with Gasteiger partial charge in [-0.1, -0.05) is 90.5 Å². The number of hydrogen-bond acceptors (Lipinski definition) is 2. The molecule has 0 saturated heterocycles. The van der Waals surface area contributed by atoms with Gasteiger partial charge in [-0.2, -0.15) is 0 Å². The van der Waals surface area contributed by atoms with Gasteiger partial charge in [-0.05, 0) is 30.5 Å². The Morgan fingerprint density at radius 2 is 1.33 bits per heavy atom. The van der Waals surface area contributed by atoms with Gasteiger partial charge < -0.3 is 5.32 Å². The topological polar surface area (TPSA) is 41.1 Å². The first kappa shape index (κ1) is 18.9. The first-order valence-electron chi connectivity index (χ1n) is 9.32. The Labute approximate surface area is 161 Å². The van der Waals surface area contributed by atoms with Crippen LogP contribution in [0.3, 0.4) is 0 Å². The van der Waals surface area contributed by atoms with Crippen LogP contribution in [0, 0.1) is 6.92 Å². The average molecular weight is 358 g/mol. The molecule has 3 aromatic carbocycles. The van der Waals surface area contributed by atoms with Gasteiger partial charge in [0.25, 0.3) is 0 Å². The number of benzene rings is 3. The Bertz CT molecular complexity index is 805. The molecular weight excluding hydrogens is 332 g/mol. The number of aryl methyl sites for hydroxylation is 1. The van der Waals surface area contributed by atoms with Crippen molar-refractivity contribution in [3.63, 3.8) is 0 Å². The molecule has 0 heterocycles.